The molecular formula is C11H15NO2. The van der Waals surface area contributed by atoms with Crippen LogP contribution in [0.1, 0.15) is 17.2 Å². The second kappa shape index (κ2) is 3.98. The van der Waals surface area contributed by atoms with Gasteiger partial charge in [0.25, 0.3) is 0 Å². The first kappa shape index (κ1) is 9.49. The Bertz CT molecular complexity index is 325. The number of ether oxygens (including phenoxy) is 1. The first-order valence-electron chi connectivity index (χ1n) is 4.86. The summed E-state index contributed by atoms with van der Waals surface area (Å²) in [6.45, 7) is 1.55. The van der Waals surface area contributed by atoms with Crippen LogP contribution in [-0.2, 0) is 11.2 Å². The predicted molar refractivity (Wildman–Crippen MR) is 54.4 cm³/mol. The summed E-state index contributed by atoms with van der Waals surface area (Å²) in [5, 5.41) is 13.1. The van der Waals surface area contributed by atoms with Crippen LogP contribution in [0, 0.1) is 0 Å². The van der Waals surface area contributed by atoms with Crippen molar-refractivity contribution < 1.29 is 9.84 Å². The summed E-state index contributed by atoms with van der Waals surface area (Å²) in [5.41, 5.74) is 2.23. The molecule has 0 aliphatic carbocycles. The Morgan fingerprint density at radius 1 is 1.57 bits per heavy atom. The van der Waals surface area contributed by atoms with Crippen LogP contribution in [0.15, 0.2) is 18.2 Å². The molecule has 0 saturated heterocycles. The zero-order valence-corrected chi connectivity index (χ0v) is 8.29. The van der Waals surface area contributed by atoms with Crippen molar-refractivity contribution in [3.8, 4) is 5.75 Å². The average Bonchev–Trinajstić information content (AvgIpc) is 2.19. The van der Waals surface area contributed by atoms with Gasteiger partial charge in [0.2, 0.25) is 0 Å². The van der Waals surface area contributed by atoms with E-state index >= 15 is 0 Å². The van der Waals surface area contributed by atoms with Gasteiger partial charge >= 0.3 is 0 Å². The first-order chi connectivity index (χ1) is 6.83. The van der Waals surface area contributed by atoms with Crippen LogP contribution < -0.4 is 5.32 Å². The van der Waals surface area contributed by atoms with E-state index in [2.05, 4.69) is 11.4 Å². The van der Waals surface area contributed by atoms with E-state index in [9.17, 15) is 5.11 Å². The monoisotopic (exact) mass is 193 g/mol. The largest absolute Gasteiger partial charge is 0.508 e. The van der Waals surface area contributed by atoms with Gasteiger partial charge in [-0.1, -0.05) is 12.1 Å². The fourth-order valence-electron chi connectivity index (χ4n) is 2.01. The molecule has 0 aromatic heterocycles. The Hall–Kier alpha value is -1.06. The maximum Gasteiger partial charge on any atom is 0.120 e. The Kier molecular flexibility index (Phi) is 2.70. The second-order valence-electron chi connectivity index (χ2n) is 3.56. The normalized spacial score (nSPS) is 20.5. The van der Waals surface area contributed by atoms with Gasteiger partial charge in [0, 0.05) is 12.7 Å². The van der Waals surface area contributed by atoms with Crippen molar-refractivity contribution in [3.05, 3.63) is 29.3 Å². The number of phenols is 1. The van der Waals surface area contributed by atoms with Gasteiger partial charge in [0.1, 0.15) is 5.75 Å². The summed E-state index contributed by atoms with van der Waals surface area (Å²) in [7, 11) is 1.68. The molecular weight excluding hydrogens is 178 g/mol. The highest BCUT2D eigenvalue weighted by molar-refractivity contribution is 5.43. The minimum absolute atomic E-state index is 0.130. The van der Waals surface area contributed by atoms with Gasteiger partial charge in [-0.3, -0.25) is 0 Å². The third-order valence-electron chi connectivity index (χ3n) is 2.64. The van der Waals surface area contributed by atoms with Crippen molar-refractivity contribution in [2.75, 3.05) is 20.3 Å². The molecule has 76 valence electrons. The lowest BCUT2D eigenvalue weighted by Crippen LogP contribution is -2.32. The summed E-state index contributed by atoms with van der Waals surface area (Å²) in [6.07, 6.45) is 0.976. The molecule has 1 aromatic rings. The molecule has 1 aliphatic heterocycles. The molecule has 2 N–H and O–H groups in total. The molecule has 2 rings (SSSR count). The van der Waals surface area contributed by atoms with Gasteiger partial charge < -0.3 is 15.2 Å². The van der Waals surface area contributed by atoms with Crippen molar-refractivity contribution >= 4 is 0 Å². The van der Waals surface area contributed by atoms with Gasteiger partial charge in [-0.05, 0) is 24.6 Å². The smallest absolute Gasteiger partial charge is 0.120 e. The quantitative estimate of drug-likeness (QED) is 0.742. The number of methoxy groups -OCH3 is 1. The Morgan fingerprint density at radius 3 is 3.21 bits per heavy atom. The van der Waals surface area contributed by atoms with Crippen molar-refractivity contribution in [1.82, 2.24) is 5.32 Å². The fourth-order valence-corrected chi connectivity index (χ4v) is 2.01. The van der Waals surface area contributed by atoms with Gasteiger partial charge in [-0.2, -0.15) is 0 Å². The molecule has 3 heteroatoms. The first-order valence-corrected chi connectivity index (χ1v) is 4.86. The minimum atomic E-state index is 0.130. The third-order valence-corrected chi connectivity index (χ3v) is 2.64. The maximum absolute atomic E-state index is 9.76. The van der Waals surface area contributed by atoms with E-state index in [-0.39, 0.29) is 6.04 Å². The molecule has 0 saturated carbocycles. The van der Waals surface area contributed by atoms with E-state index in [4.69, 9.17) is 4.74 Å². The van der Waals surface area contributed by atoms with Crippen molar-refractivity contribution in [1.29, 1.82) is 0 Å². The molecule has 3 nitrogen and oxygen atoms in total. The lowest BCUT2D eigenvalue weighted by atomic mass is 9.94. The van der Waals surface area contributed by atoms with Crippen molar-refractivity contribution in [2.24, 2.45) is 0 Å². The number of rotatable bonds is 2. The number of benzene rings is 1. The van der Waals surface area contributed by atoms with Gasteiger partial charge in [0.15, 0.2) is 0 Å². The number of nitrogens with one attached hydrogen (secondary N) is 1. The number of aromatic hydroxyl groups is 1. The molecule has 1 aliphatic rings. The number of phenolic OH excluding ortho intramolecular Hbond substituents is 1. The summed E-state index contributed by atoms with van der Waals surface area (Å²) in [4.78, 5) is 0. The zero-order valence-electron chi connectivity index (χ0n) is 8.29. The van der Waals surface area contributed by atoms with E-state index in [1.165, 1.54) is 5.56 Å². The van der Waals surface area contributed by atoms with Gasteiger partial charge in [0.05, 0.1) is 12.6 Å². The van der Waals surface area contributed by atoms with Crippen molar-refractivity contribution in [3.63, 3.8) is 0 Å². The Balaban J connectivity index is 2.36. The topological polar surface area (TPSA) is 41.5 Å². The summed E-state index contributed by atoms with van der Waals surface area (Å²) >= 11 is 0. The summed E-state index contributed by atoms with van der Waals surface area (Å²) in [6, 6.07) is 5.82. The highest BCUT2D eigenvalue weighted by Crippen LogP contribution is 2.30. The van der Waals surface area contributed by atoms with Gasteiger partial charge in [-0.25, -0.2) is 0 Å². The molecule has 1 aromatic carbocycles. The van der Waals surface area contributed by atoms with Crippen LogP contribution >= 0.6 is 0 Å². The molecule has 1 unspecified atom stereocenters. The van der Waals surface area contributed by atoms with E-state index in [1.54, 1.807) is 13.2 Å². The second-order valence-corrected chi connectivity index (χ2v) is 3.56. The molecule has 1 heterocycles. The minimum Gasteiger partial charge on any atom is -0.508 e. The van der Waals surface area contributed by atoms with E-state index < -0.39 is 0 Å². The molecule has 0 fully saturated rings. The number of hydrogen-bond donors (Lipinski definition) is 2. The van der Waals surface area contributed by atoms with Crippen LogP contribution in [0.3, 0.4) is 0 Å². The Morgan fingerprint density at radius 2 is 2.43 bits per heavy atom. The molecule has 0 amide bonds. The number of fused-ring (bicyclic) bond motifs is 1. The van der Waals surface area contributed by atoms with Crippen LogP contribution in [0.5, 0.6) is 5.75 Å². The zero-order chi connectivity index (χ0) is 9.97. The molecule has 1 atom stereocenters. The fraction of sp³-hybridized carbons (Fsp3) is 0.455. The maximum atomic E-state index is 9.76. The van der Waals surface area contributed by atoms with Crippen LogP contribution in [-0.4, -0.2) is 25.4 Å². The molecule has 14 heavy (non-hydrogen) atoms. The predicted octanol–water partition coefficient (Wildman–Crippen LogP) is 1.23. The van der Waals surface area contributed by atoms with E-state index in [0.717, 1.165) is 18.5 Å². The third kappa shape index (κ3) is 1.61. The lowest BCUT2D eigenvalue weighted by molar-refractivity contribution is 0.163. The SMILES string of the molecule is COCC1NCCc2cccc(O)c21. The average molecular weight is 193 g/mol. The Labute approximate surface area is 83.7 Å². The summed E-state index contributed by atoms with van der Waals surface area (Å²) < 4.78 is 5.12. The highest BCUT2D eigenvalue weighted by Gasteiger charge is 2.22. The van der Waals surface area contributed by atoms with Crippen molar-refractivity contribution in [2.45, 2.75) is 12.5 Å². The van der Waals surface area contributed by atoms with Crippen LogP contribution in [0.25, 0.3) is 0 Å². The standard InChI is InChI=1S/C11H15NO2/c1-14-7-9-11-8(5-6-12-9)3-2-4-10(11)13/h2-4,9,12-13H,5-7H2,1H3. The summed E-state index contributed by atoms with van der Waals surface area (Å²) in [5.74, 6) is 0.372. The van der Waals surface area contributed by atoms with Crippen LogP contribution in [0.2, 0.25) is 0 Å². The lowest BCUT2D eigenvalue weighted by Gasteiger charge is -2.26. The molecule has 0 bridgehead atoms. The molecule has 0 radical (unpaired) electrons. The van der Waals surface area contributed by atoms with Crippen LogP contribution in [0.4, 0.5) is 0 Å². The number of hydrogen-bond acceptors (Lipinski definition) is 3. The van der Waals surface area contributed by atoms with E-state index in [0.29, 0.717) is 12.4 Å². The highest BCUT2D eigenvalue weighted by atomic mass is 16.5. The van der Waals surface area contributed by atoms with Gasteiger partial charge in [-0.15, -0.1) is 0 Å². The van der Waals surface area contributed by atoms with E-state index in [1.807, 2.05) is 6.07 Å². The molecule has 0 spiro atoms.